The Bertz CT molecular complexity index is 444. The van der Waals surface area contributed by atoms with Crippen LogP contribution >= 0.6 is 23.3 Å². The largest absolute Gasteiger partial charge is 0.356 e. The fraction of sp³-hybridized carbons (Fsp3) is 0.273. The number of anilines is 1. The van der Waals surface area contributed by atoms with Gasteiger partial charge in [-0.25, -0.2) is 0 Å². The predicted molar refractivity (Wildman–Crippen MR) is 68.3 cm³/mol. The molecule has 0 atom stereocenters. The van der Waals surface area contributed by atoms with Gasteiger partial charge in [-0.05, 0) is 12.0 Å². The van der Waals surface area contributed by atoms with Crippen molar-refractivity contribution in [3.05, 3.63) is 41.0 Å². The van der Waals surface area contributed by atoms with Gasteiger partial charge in [-0.3, -0.25) is 0 Å². The first-order valence-corrected chi connectivity index (χ1v) is 6.11. The van der Waals surface area contributed by atoms with Crippen LogP contribution in [0.4, 0.5) is 5.82 Å². The molecule has 0 fully saturated rings. The van der Waals surface area contributed by atoms with Gasteiger partial charge >= 0.3 is 0 Å². The highest BCUT2D eigenvalue weighted by atomic mass is 35.5. The van der Waals surface area contributed by atoms with Crippen molar-refractivity contribution < 1.29 is 0 Å². The summed E-state index contributed by atoms with van der Waals surface area (Å²) in [5.41, 5.74) is 1.31. The first-order valence-electron chi connectivity index (χ1n) is 5.00. The molecule has 16 heavy (non-hydrogen) atoms. The van der Waals surface area contributed by atoms with E-state index in [9.17, 15) is 0 Å². The third kappa shape index (κ3) is 2.71. The van der Waals surface area contributed by atoms with Crippen LogP contribution in [0.3, 0.4) is 0 Å². The van der Waals surface area contributed by atoms with Gasteiger partial charge in [0.05, 0.1) is 11.7 Å². The van der Waals surface area contributed by atoms with Gasteiger partial charge in [0.15, 0.2) is 11.0 Å². The monoisotopic (exact) mass is 253 g/mol. The average Bonchev–Trinajstić information content (AvgIpc) is 2.74. The maximum absolute atomic E-state index is 5.91. The fourth-order valence-electron chi connectivity index (χ4n) is 1.45. The maximum atomic E-state index is 5.91. The molecular formula is C11H12ClN3S. The van der Waals surface area contributed by atoms with Crippen LogP contribution in [0.15, 0.2) is 30.3 Å². The van der Waals surface area contributed by atoms with Gasteiger partial charge in [0.1, 0.15) is 0 Å². The number of likely N-dealkylation sites (N-methyl/N-ethyl adjacent to an activating group) is 1. The summed E-state index contributed by atoms with van der Waals surface area (Å²) in [5, 5.41) is 0.487. The van der Waals surface area contributed by atoms with E-state index in [0.717, 1.165) is 30.5 Å². The summed E-state index contributed by atoms with van der Waals surface area (Å²) in [6.45, 7) is 0.884. The van der Waals surface area contributed by atoms with Crippen LogP contribution in [0.2, 0.25) is 5.15 Å². The summed E-state index contributed by atoms with van der Waals surface area (Å²) in [6.07, 6.45) is 0.977. The normalized spacial score (nSPS) is 10.4. The lowest BCUT2D eigenvalue weighted by Crippen LogP contribution is -2.20. The molecule has 84 valence electrons. The summed E-state index contributed by atoms with van der Waals surface area (Å²) >= 11 is 7.05. The number of halogens is 1. The smallest absolute Gasteiger partial charge is 0.187 e. The highest BCUT2D eigenvalue weighted by Crippen LogP contribution is 2.21. The van der Waals surface area contributed by atoms with Crippen LogP contribution in [0.1, 0.15) is 5.56 Å². The van der Waals surface area contributed by atoms with Crippen molar-refractivity contribution in [2.24, 2.45) is 0 Å². The molecule has 0 N–H and O–H groups in total. The predicted octanol–water partition coefficient (Wildman–Crippen LogP) is 2.87. The number of aromatic nitrogens is 2. The van der Waals surface area contributed by atoms with Crippen LogP contribution in [0, 0.1) is 0 Å². The Morgan fingerprint density at radius 1 is 1.25 bits per heavy atom. The van der Waals surface area contributed by atoms with E-state index in [1.807, 2.05) is 30.1 Å². The first-order chi connectivity index (χ1) is 7.77. The van der Waals surface area contributed by atoms with Crippen molar-refractivity contribution >= 4 is 29.1 Å². The third-order valence-electron chi connectivity index (χ3n) is 2.37. The van der Waals surface area contributed by atoms with E-state index in [-0.39, 0.29) is 0 Å². The molecule has 0 aliphatic heterocycles. The highest BCUT2D eigenvalue weighted by Gasteiger charge is 2.09. The number of nitrogens with zero attached hydrogens (tertiary/aromatic N) is 3. The molecule has 0 aliphatic carbocycles. The molecule has 3 nitrogen and oxygen atoms in total. The number of hydrogen-bond acceptors (Lipinski definition) is 4. The van der Waals surface area contributed by atoms with Gasteiger partial charge in [-0.2, -0.15) is 8.75 Å². The van der Waals surface area contributed by atoms with Crippen LogP contribution in [0.5, 0.6) is 0 Å². The van der Waals surface area contributed by atoms with Crippen molar-refractivity contribution in [1.82, 2.24) is 8.75 Å². The molecule has 1 aromatic heterocycles. The van der Waals surface area contributed by atoms with Crippen molar-refractivity contribution in [2.75, 3.05) is 18.5 Å². The number of hydrogen-bond donors (Lipinski definition) is 0. The van der Waals surface area contributed by atoms with Gasteiger partial charge < -0.3 is 4.90 Å². The second-order valence-electron chi connectivity index (χ2n) is 3.54. The van der Waals surface area contributed by atoms with Crippen molar-refractivity contribution in [2.45, 2.75) is 6.42 Å². The van der Waals surface area contributed by atoms with Crippen LogP contribution in [-0.4, -0.2) is 22.3 Å². The Balaban J connectivity index is 1.94. The van der Waals surface area contributed by atoms with Crippen molar-refractivity contribution in [3.63, 3.8) is 0 Å². The van der Waals surface area contributed by atoms with E-state index in [2.05, 4.69) is 20.9 Å². The van der Waals surface area contributed by atoms with Crippen LogP contribution in [-0.2, 0) is 6.42 Å². The standard InChI is InChI=1S/C11H12ClN3S/c1-15(11-10(12)13-16-14-11)8-7-9-5-3-2-4-6-9/h2-6H,7-8H2,1H3. The topological polar surface area (TPSA) is 29.0 Å². The summed E-state index contributed by atoms with van der Waals surface area (Å²) in [4.78, 5) is 2.03. The van der Waals surface area contributed by atoms with Gasteiger partial charge in [0, 0.05) is 13.6 Å². The van der Waals surface area contributed by atoms with Gasteiger partial charge in [-0.1, -0.05) is 41.9 Å². The molecule has 0 radical (unpaired) electrons. The van der Waals surface area contributed by atoms with Crippen LogP contribution in [0.25, 0.3) is 0 Å². The second-order valence-corrected chi connectivity index (χ2v) is 4.42. The van der Waals surface area contributed by atoms with E-state index in [0.29, 0.717) is 5.15 Å². The minimum absolute atomic E-state index is 0.487. The third-order valence-corrected chi connectivity index (χ3v) is 3.25. The van der Waals surface area contributed by atoms with Gasteiger partial charge in [0.2, 0.25) is 0 Å². The fourth-order valence-corrected chi connectivity index (χ4v) is 2.27. The Hall–Kier alpha value is -1.13. The first kappa shape index (κ1) is 11.4. The van der Waals surface area contributed by atoms with Crippen molar-refractivity contribution in [1.29, 1.82) is 0 Å². The molecule has 0 saturated heterocycles. The summed E-state index contributed by atoms with van der Waals surface area (Å²) in [7, 11) is 1.98. The highest BCUT2D eigenvalue weighted by molar-refractivity contribution is 6.99. The van der Waals surface area contributed by atoms with Gasteiger partial charge in [-0.15, -0.1) is 0 Å². The summed E-state index contributed by atoms with van der Waals surface area (Å²) in [5.74, 6) is 0.766. The molecule has 5 heteroatoms. The molecule has 0 spiro atoms. The minimum atomic E-state index is 0.487. The SMILES string of the molecule is CN(CCc1ccccc1)c1nsnc1Cl. The molecule has 0 bridgehead atoms. The van der Waals surface area contributed by atoms with E-state index in [1.165, 1.54) is 5.56 Å². The number of benzene rings is 1. The van der Waals surface area contributed by atoms with E-state index >= 15 is 0 Å². The molecule has 2 aromatic rings. The summed E-state index contributed by atoms with van der Waals surface area (Å²) in [6, 6.07) is 10.4. The Kier molecular flexibility index (Phi) is 3.74. The second kappa shape index (κ2) is 5.27. The Labute approximate surface area is 104 Å². The summed E-state index contributed by atoms with van der Waals surface area (Å²) < 4.78 is 8.10. The zero-order valence-corrected chi connectivity index (χ0v) is 10.5. The maximum Gasteiger partial charge on any atom is 0.187 e. The molecule has 1 heterocycles. The zero-order chi connectivity index (χ0) is 11.4. The Morgan fingerprint density at radius 3 is 2.62 bits per heavy atom. The van der Waals surface area contributed by atoms with Gasteiger partial charge in [0.25, 0.3) is 0 Å². The average molecular weight is 254 g/mol. The van der Waals surface area contributed by atoms with Crippen LogP contribution < -0.4 is 4.90 Å². The molecule has 1 aromatic carbocycles. The lowest BCUT2D eigenvalue weighted by Gasteiger charge is -2.15. The molecular weight excluding hydrogens is 242 g/mol. The Morgan fingerprint density at radius 2 is 2.00 bits per heavy atom. The van der Waals surface area contributed by atoms with E-state index in [1.54, 1.807) is 0 Å². The van der Waals surface area contributed by atoms with Crippen molar-refractivity contribution in [3.8, 4) is 0 Å². The molecule has 0 amide bonds. The lowest BCUT2D eigenvalue weighted by molar-refractivity contribution is 0.866. The molecule has 2 rings (SSSR count). The molecule has 0 saturated carbocycles. The number of rotatable bonds is 4. The van der Waals surface area contributed by atoms with E-state index < -0.39 is 0 Å². The van der Waals surface area contributed by atoms with E-state index in [4.69, 9.17) is 11.6 Å². The minimum Gasteiger partial charge on any atom is -0.356 e. The molecule has 0 unspecified atom stereocenters. The quantitative estimate of drug-likeness (QED) is 0.839. The lowest BCUT2D eigenvalue weighted by atomic mass is 10.1. The molecule has 0 aliphatic rings. The zero-order valence-electron chi connectivity index (χ0n) is 8.93.